The van der Waals surface area contributed by atoms with Crippen LogP contribution >= 0.6 is 15.9 Å². The van der Waals surface area contributed by atoms with Crippen molar-refractivity contribution in [3.05, 3.63) is 93.2 Å². The molecule has 0 aliphatic rings. The van der Waals surface area contributed by atoms with Crippen molar-refractivity contribution in [3.63, 3.8) is 0 Å². The molecule has 0 aliphatic heterocycles. The van der Waals surface area contributed by atoms with Gasteiger partial charge in [-0.25, -0.2) is 4.39 Å². The minimum Gasteiger partial charge on any atom is -0.490 e. The molecule has 0 spiro atoms. The maximum absolute atomic E-state index is 13.0. The highest BCUT2D eigenvalue weighted by Crippen LogP contribution is 2.37. The van der Waals surface area contributed by atoms with E-state index >= 15 is 0 Å². The van der Waals surface area contributed by atoms with E-state index < -0.39 is 0 Å². The van der Waals surface area contributed by atoms with Crippen LogP contribution < -0.4 is 14.8 Å². The van der Waals surface area contributed by atoms with Gasteiger partial charge in [0.1, 0.15) is 12.4 Å². The second-order valence-corrected chi connectivity index (χ2v) is 7.64. The Hall–Kier alpha value is -2.37. The summed E-state index contributed by atoms with van der Waals surface area (Å²) in [6.45, 7) is 6.39. The Morgan fingerprint density at radius 2 is 1.66 bits per heavy atom. The lowest BCUT2D eigenvalue weighted by Crippen LogP contribution is -2.13. The third-order valence-corrected chi connectivity index (χ3v) is 5.16. The fourth-order valence-electron chi connectivity index (χ4n) is 3.00. The molecule has 1 N–H and O–H groups in total. The predicted molar refractivity (Wildman–Crippen MR) is 118 cm³/mol. The fraction of sp³-hybridized carbons (Fsp3) is 0.250. The Bertz CT molecular complexity index is 944. The maximum Gasteiger partial charge on any atom is 0.175 e. The van der Waals surface area contributed by atoms with E-state index in [0.29, 0.717) is 37.8 Å². The molecule has 0 heterocycles. The number of hydrogen-bond acceptors (Lipinski definition) is 3. The van der Waals surface area contributed by atoms with Gasteiger partial charge in [0.15, 0.2) is 11.5 Å². The van der Waals surface area contributed by atoms with Crippen LogP contribution in [0.3, 0.4) is 0 Å². The van der Waals surface area contributed by atoms with Crippen LogP contribution in [0, 0.1) is 12.7 Å². The van der Waals surface area contributed by atoms with Crippen LogP contribution in [0.15, 0.2) is 65.1 Å². The SMILES string of the molecule is CCOc1cc(CNCc2ccc(F)cc2)cc(Br)c1OCc1ccccc1C. The van der Waals surface area contributed by atoms with Crippen LogP contribution in [0.2, 0.25) is 0 Å². The molecule has 3 aromatic carbocycles. The van der Waals surface area contributed by atoms with Gasteiger partial charge in [-0.05, 0) is 76.3 Å². The first-order valence-electron chi connectivity index (χ1n) is 9.64. The zero-order valence-electron chi connectivity index (χ0n) is 16.7. The zero-order chi connectivity index (χ0) is 20.6. The molecule has 0 amide bonds. The monoisotopic (exact) mass is 457 g/mol. The molecule has 0 unspecified atom stereocenters. The summed E-state index contributed by atoms with van der Waals surface area (Å²) in [6, 6.07) is 18.7. The number of hydrogen-bond donors (Lipinski definition) is 1. The Labute approximate surface area is 180 Å². The number of aryl methyl sites for hydroxylation is 1. The molecule has 0 radical (unpaired) electrons. The molecule has 152 valence electrons. The van der Waals surface area contributed by atoms with E-state index in [4.69, 9.17) is 9.47 Å². The lowest BCUT2D eigenvalue weighted by atomic mass is 10.1. The van der Waals surface area contributed by atoms with Crippen molar-refractivity contribution in [2.75, 3.05) is 6.61 Å². The highest BCUT2D eigenvalue weighted by Gasteiger charge is 2.13. The van der Waals surface area contributed by atoms with Gasteiger partial charge in [-0.2, -0.15) is 0 Å². The molecule has 0 fully saturated rings. The molecular weight excluding hydrogens is 433 g/mol. The maximum atomic E-state index is 13.0. The minimum absolute atomic E-state index is 0.222. The molecule has 3 aromatic rings. The summed E-state index contributed by atoms with van der Waals surface area (Å²) in [5, 5.41) is 3.38. The van der Waals surface area contributed by atoms with Gasteiger partial charge in [-0.1, -0.05) is 36.4 Å². The van der Waals surface area contributed by atoms with Gasteiger partial charge in [0.25, 0.3) is 0 Å². The first-order chi connectivity index (χ1) is 14.1. The first kappa shape index (κ1) is 21.3. The third-order valence-electron chi connectivity index (χ3n) is 4.57. The smallest absolute Gasteiger partial charge is 0.175 e. The Balaban J connectivity index is 1.68. The average Bonchev–Trinajstić information content (AvgIpc) is 2.70. The average molecular weight is 458 g/mol. The van der Waals surface area contributed by atoms with Crippen molar-refractivity contribution >= 4 is 15.9 Å². The summed E-state index contributed by atoms with van der Waals surface area (Å²) < 4.78 is 25.8. The van der Waals surface area contributed by atoms with Gasteiger partial charge in [0, 0.05) is 13.1 Å². The van der Waals surface area contributed by atoms with E-state index in [9.17, 15) is 4.39 Å². The highest BCUT2D eigenvalue weighted by molar-refractivity contribution is 9.10. The number of nitrogens with one attached hydrogen (secondary N) is 1. The second kappa shape index (κ2) is 10.4. The minimum atomic E-state index is -0.222. The largest absolute Gasteiger partial charge is 0.490 e. The van der Waals surface area contributed by atoms with Crippen LogP contribution in [0.5, 0.6) is 11.5 Å². The topological polar surface area (TPSA) is 30.5 Å². The summed E-state index contributed by atoms with van der Waals surface area (Å²) in [5.74, 6) is 1.20. The summed E-state index contributed by atoms with van der Waals surface area (Å²) in [4.78, 5) is 0. The molecule has 5 heteroatoms. The standard InChI is InChI=1S/C24H25BrFNO2/c1-3-28-23-13-19(15-27-14-18-8-10-21(26)11-9-18)12-22(25)24(23)29-16-20-7-5-4-6-17(20)2/h4-13,27H,3,14-16H2,1-2H3. The van der Waals surface area contributed by atoms with Crippen molar-refractivity contribution in [2.45, 2.75) is 33.5 Å². The van der Waals surface area contributed by atoms with Gasteiger partial charge in [-0.15, -0.1) is 0 Å². The van der Waals surface area contributed by atoms with Gasteiger partial charge < -0.3 is 14.8 Å². The van der Waals surface area contributed by atoms with E-state index in [-0.39, 0.29) is 5.82 Å². The Morgan fingerprint density at radius 1 is 0.931 bits per heavy atom. The van der Waals surface area contributed by atoms with Crippen LogP contribution in [-0.2, 0) is 19.7 Å². The fourth-order valence-corrected chi connectivity index (χ4v) is 3.61. The van der Waals surface area contributed by atoms with Crippen LogP contribution in [0.1, 0.15) is 29.2 Å². The van der Waals surface area contributed by atoms with Crippen molar-refractivity contribution in [1.29, 1.82) is 0 Å². The van der Waals surface area contributed by atoms with Crippen LogP contribution in [0.25, 0.3) is 0 Å². The number of rotatable bonds is 9. The molecule has 3 rings (SSSR count). The van der Waals surface area contributed by atoms with Gasteiger partial charge in [0.05, 0.1) is 11.1 Å². The van der Waals surface area contributed by atoms with E-state index in [1.165, 1.54) is 17.7 Å². The molecule has 0 aliphatic carbocycles. The third kappa shape index (κ3) is 6.05. The normalized spacial score (nSPS) is 10.8. The second-order valence-electron chi connectivity index (χ2n) is 6.78. The highest BCUT2D eigenvalue weighted by atomic mass is 79.9. The van der Waals surface area contributed by atoms with Crippen LogP contribution in [0.4, 0.5) is 4.39 Å². The Morgan fingerprint density at radius 3 is 2.38 bits per heavy atom. The molecule has 29 heavy (non-hydrogen) atoms. The molecule has 3 nitrogen and oxygen atoms in total. The molecule has 0 bridgehead atoms. The van der Waals surface area contributed by atoms with E-state index in [1.54, 1.807) is 12.1 Å². The summed E-state index contributed by atoms with van der Waals surface area (Å²) >= 11 is 3.63. The predicted octanol–water partition coefficient (Wildman–Crippen LogP) is 6.16. The zero-order valence-corrected chi connectivity index (χ0v) is 18.3. The van der Waals surface area contributed by atoms with Crippen molar-refractivity contribution in [1.82, 2.24) is 5.32 Å². The van der Waals surface area contributed by atoms with Gasteiger partial charge in [-0.3, -0.25) is 0 Å². The molecule has 0 saturated heterocycles. The number of ether oxygens (including phenoxy) is 2. The molecule has 0 saturated carbocycles. The first-order valence-corrected chi connectivity index (χ1v) is 10.4. The molecular formula is C24H25BrFNO2. The number of benzene rings is 3. The molecule has 0 atom stereocenters. The van der Waals surface area contributed by atoms with E-state index in [1.807, 2.05) is 31.2 Å². The Kier molecular flexibility index (Phi) is 7.67. The lowest BCUT2D eigenvalue weighted by molar-refractivity contribution is 0.267. The van der Waals surface area contributed by atoms with Crippen molar-refractivity contribution in [2.24, 2.45) is 0 Å². The van der Waals surface area contributed by atoms with E-state index in [2.05, 4.69) is 40.3 Å². The van der Waals surface area contributed by atoms with Crippen LogP contribution in [-0.4, -0.2) is 6.61 Å². The van der Waals surface area contributed by atoms with Gasteiger partial charge in [0.2, 0.25) is 0 Å². The summed E-state index contributed by atoms with van der Waals surface area (Å²) in [6.07, 6.45) is 0. The quantitative estimate of drug-likeness (QED) is 0.417. The van der Waals surface area contributed by atoms with E-state index in [0.717, 1.165) is 21.2 Å². The summed E-state index contributed by atoms with van der Waals surface area (Å²) in [5.41, 5.74) is 4.45. The molecule has 0 aromatic heterocycles. The van der Waals surface area contributed by atoms with Gasteiger partial charge >= 0.3 is 0 Å². The van der Waals surface area contributed by atoms with Crippen molar-refractivity contribution < 1.29 is 13.9 Å². The van der Waals surface area contributed by atoms with Crippen molar-refractivity contribution in [3.8, 4) is 11.5 Å². The lowest BCUT2D eigenvalue weighted by Gasteiger charge is -2.16. The number of halogens is 2. The summed E-state index contributed by atoms with van der Waals surface area (Å²) in [7, 11) is 0.